The number of amides is 1. The number of nitrogens with two attached hydrogens (primary N) is 1. The molecular weight excluding hydrogens is 301 g/mol. The Morgan fingerprint density at radius 3 is 2.35 bits per heavy atom. The fraction of sp³-hybridized carbons (Fsp3) is 0.462. The molecule has 0 radical (unpaired) electrons. The molecule has 0 spiro atoms. The van der Waals surface area contributed by atoms with E-state index in [0.29, 0.717) is 12.1 Å². The number of carbonyl (C=O) groups is 1. The van der Waals surface area contributed by atoms with Crippen LogP contribution < -0.4 is 11.1 Å². The minimum Gasteiger partial charge on any atom is -0.396 e. The van der Waals surface area contributed by atoms with Crippen molar-refractivity contribution in [2.45, 2.75) is 12.5 Å². The molecular formula is C13H19Cl2N3O2. The molecule has 1 aromatic rings. The normalized spacial score (nSPS) is 14.2. The van der Waals surface area contributed by atoms with Gasteiger partial charge in [-0.25, -0.2) is 0 Å². The molecule has 0 aliphatic heterocycles. The minimum atomic E-state index is -1.03. The van der Waals surface area contributed by atoms with Crippen molar-refractivity contribution in [2.24, 2.45) is 0 Å². The molecule has 5 nitrogen and oxygen atoms in total. The Labute approximate surface area is 128 Å². The van der Waals surface area contributed by atoms with E-state index < -0.39 is 5.60 Å². The summed E-state index contributed by atoms with van der Waals surface area (Å²) in [6.45, 7) is 2.19. The molecule has 0 fully saturated rings. The Hall–Kier alpha value is -1.01. The maximum atomic E-state index is 12.0. The number of benzene rings is 1. The Kier molecular flexibility index (Phi) is 5.65. The number of carbonyl (C=O) groups excluding carboxylic acids is 1. The van der Waals surface area contributed by atoms with E-state index in [9.17, 15) is 9.90 Å². The predicted octanol–water partition coefficient (Wildman–Crippen LogP) is 1.62. The Bertz CT molecular complexity index is 481. The monoisotopic (exact) mass is 319 g/mol. The fourth-order valence-electron chi connectivity index (χ4n) is 1.83. The average Bonchev–Trinajstić information content (AvgIpc) is 2.31. The fourth-order valence-corrected chi connectivity index (χ4v) is 2.31. The summed E-state index contributed by atoms with van der Waals surface area (Å²) in [7, 11) is 3.69. The first-order valence-corrected chi connectivity index (χ1v) is 6.78. The zero-order valence-electron chi connectivity index (χ0n) is 11.7. The molecule has 0 bridgehead atoms. The Balaban J connectivity index is 2.73. The molecule has 1 rings (SSSR count). The van der Waals surface area contributed by atoms with Gasteiger partial charge in [-0.3, -0.25) is 4.79 Å². The molecule has 1 amide bonds. The largest absolute Gasteiger partial charge is 0.396 e. The molecule has 4 N–H and O–H groups in total. The first-order chi connectivity index (χ1) is 9.12. The van der Waals surface area contributed by atoms with Crippen molar-refractivity contribution >= 4 is 34.8 Å². The third kappa shape index (κ3) is 4.83. The summed E-state index contributed by atoms with van der Waals surface area (Å²) in [4.78, 5) is 13.8. The standard InChI is InChI=1S/C13H19Cl2N3O2/c1-13(20,7-18(2)3)6-17-12(19)8-4-9(14)11(16)10(15)5-8/h4-5,20H,6-7,16H2,1-3H3,(H,17,19). The van der Waals surface area contributed by atoms with Gasteiger partial charge in [0.15, 0.2) is 0 Å². The molecule has 1 aromatic carbocycles. The SMILES string of the molecule is CN(C)CC(C)(O)CNC(=O)c1cc(Cl)c(N)c(Cl)c1. The van der Waals surface area contributed by atoms with Crippen molar-refractivity contribution in [1.82, 2.24) is 10.2 Å². The lowest BCUT2D eigenvalue weighted by Gasteiger charge is -2.27. The molecule has 1 unspecified atom stereocenters. The number of anilines is 1. The molecule has 0 aliphatic carbocycles. The van der Waals surface area contributed by atoms with Crippen molar-refractivity contribution in [3.05, 3.63) is 27.7 Å². The van der Waals surface area contributed by atoms with Crippen LogP contribution in [0.3, 0.4) is 0 Å². The van der Waals surface area contributed by atoms with E-state index in [1.165, 1.54) is 12.1 Å². The van der Waals surface area contributed by atoms with Crippen molar-refractivity contribution in [2.75, 3.05) is 32.9 Å². The Morgan fingerprint density at radius 2 is 1.90 bits per heavy atom. The number of halogens is 2. The van der Waals surface area contributed by atoms with Crippen LogP contribution in [0.15, 0.2) is 12.1 Å². The van der Waals surface area contributed by atoms with Crippen LogP contribution in [0.4, 0.5) is 5.69 Å². The summed E-state index contributed by atoms with van der Waals surface area (Å²) in [5.74, 6) is -0.368. The van der Waals surface area contributed by atoms with Gasteiger partial charge in [-0.1, -0.05) is 23.2 Å². The van der Waals surface area contributed by atoms with E-state index in [1.807, 2.05) is 19.0 Å². The molecule has 0 saturated carbocycles. The van der Waals surface area contributed by atoms with Gasteiger partial charge in [-0.2, -0.15) is 0 Å². The van der Waals surface area contributed by atoms with Crippen LogP contribution in [0.5, 0.6) is 0 Å². The van der Waals surface area contributed by atoms with Crippen LogP contribution in [0.1, 0.15) is 17.3 Å². The molecule has 0 heterocycles. The number of likely N-dealkylation sites (N-methyl/N-ethyl adjacent to an activating group) is 1. The second-order valence-corrected chi connectivity index (χ2v) is 6.09. The summed E-state index contributed by atoms with van der Waals surface area (Å²) >= 11 is 11.8. The number of nitrogens with zero attached hydrogens (tertiary/aromatic N) is 1. The Morgan fingerprint density at radius 1 is 1.40 bits per heavy atom. The van der Waals surface area contributed by atoms with Gasteiger partial charge in [-0.15, -0.1) is 0 Å². The van der Waals surface area contributed by atoms with Gasteiger partial charge in [0.05, 0.1) is 21.3 Å². The molecule has 0 aliphatic rings. The molecule has 20 heavy (non-hydrogen) atoms. The van der Waals surface area contributed by atoms with Crippen LogP contribution in [-0.2, 0) is 0 Å². The maximum absolute atomic E-state index is 12.0. The lowest BCUT2D eigenvalue weighted by Crippen LogP contribution is -2.47. The molecule has 112 valence electrons. The molecule has 7 heteroatoms. The lowest BCUT2D eigenvalue weighted by molar-refractivity contribution is 0.0326. The highest BCUT2D eigenvalue weighted by Gasteiger charge is 2.22. The zero-order valence-corrected chi connectivity index (χ0v) is 13.2. The van der Waals surface area contributed by atoms with Gasteiger partial charge < -0.3 is 21.1 Å². The molecule has 0 aromatic heterocycles. The smallest absolute Gasteiger partial charge is 0.251 e. The highest BCUT2D eigenvalue weighted by Crippen LogP contribution is 2.28. The van der Waals surface area contributed by atoms with Gasteiger partial charge >= 0.3 is 0 Å². The van der Waals surface area contributed by atoms with Crippen molar-refractivity contribution < 1.29 is 9.90 Å². The van der Waals surface area contributed by atoms with E-state index in [4.69, 9.17) is 28.9 Å². The second kappa shape index (κ2) is 6.63. The van der Waals surface area contributed by atoms with E-state index in [-0.39, 0.29) is 28.2 Å². The number of hydrogen-bond acceptors (Lipinski definition) is 4. The van der Waals surface area contributed by atoms with Gasteiger partial charge in [0.2, 0.25) is 0 Å². The van der Waals surface area contributed by atoms with E-state index in [1.54, 1.807) is 6.92 Å². The highest BCUT2D eigenvalue weighted by molar-refractivity contribution is 6.39. The van der Waals surface area contributed by atoms with Crippen LogP contribution in [0, 0.1) is 0 Å². The minimum absolute atomic E-state index is 0.115. The third-order valence-corrected chi connectivity index (χ3v) is 3.25. The summed E-state index contributed by atoms with van der Waals surface area (Å²) in [5.41, 5.74) is 5.12. The number of nitrogens with one attached hydrogen (secondary N) is 1. The molecule has 1 atom stereocenters. The zero-order chi connectivity index (χ0) is 15.5. The second-order valence-electron chi connectivity index (χ2n) is 5.27. The van der Waals surface area contributed by atoms with Crippen LogP contribution >= 0.6 is 23.2 Å². The van der Waals surface area contributed by atoms with Gasteiger partial charge in [0.1, 0.15) is 0 Å². The summed E-state index contributed by atoms with van der Waals surface area (Å²) in [6, 6.07) is 2.89. The van der Waals surface area contributed by atoms with Gasteiger partial charge in [0, 0.05) is 18.7 Å². The molecule has 0 saturated heterocycles. The summed E-state index contributed by atoms with van der Waals surface area (Å²) < 4.78 is 0. The van der Waals surface area contributed by atoms with Gasteiger partial charge in [-0.05, 0) is 33.2 Å². The van der Waals surface area contributed by atoms with Crippen molar-refractivity contribution in [3.63, 3.8) is 0 Å². The van der Waals surface area contributed by atoms with E-state index in [2.05, 4.69) is 5.32 Å². The number of rotatable bonds is 5. The summed E-state index contributed by atoms with van der Waals surface area (Å²) in [6.07, 6.45) is 0. The van der Waals surface area contributed by atoms with E-state index in [0.717, 1.165) is 0 Å². The quantitative estimate of drug-likeness (QED) is 0.721. The summed E-state index contributed by atoms with van der Waals surface area (Å²) in [5, 5.41) is 13.2. The number of hydrogen-bond donors (Lipinski definition) is 3. The number of nitrogen functional groups attached to an aromatic ring is 1. The number of aliphatic hydroxyl groups is 1. The van der Waals surface area contributed by atoms with E-state index >= 15 is 0 Å². The van der Waals surface area contributed by atoms with Crippen LogP contribution in [0.2, 0.25) is 10.0 Å². The van der Waals surface area contributed by atoms with Gasteiger partial charge in [0.25, 0.3) is 5.91 Å². The third-order valence-electron chi connectivity index (χ3n) is 2.63. The first-order valence-electron chi connectivity index (χ1n) is 6.02. The lowest BCUT2D eigenvalue weighted by atomic mass is 10.1. The first kappa shape index (κ1) is 17.0. The highest BCUT2D eigenvalue weighted by atomic mass is 35.5. The van der Waals surface area contributed by atoms with Crippen molar-refractivity contribution in [3.8, 4) is 0 Å². The maximum Gasteiger partial charge on any atom is 0.251 e. The van der Waals surface area contributed by atoms with Crippen LogP contribution in [0.25, 0.3) is 0 Å². The van der Waals surface area contributed by atoms with Crippen LogP contribution in [-0.4, -0.2) is 48.7 Å². The average molecular weight is 320 g/mol. The predicted molar refractivity (Wildman–Crippen MR) is 82.4 cm³/mol. The van der Waals surface area contributed by atoms with Crippen molar-refractivity contribution in [1.29, 1.82) is 0 Å². The topological polar surface area (TPSA) is 78.6 Å².